The molecule has 0 aliphatic rings. The highest BCUT2D eigenvalue weighted by Crippen LogP contribution is 2.25. The molecule has 0 fully saturated rings. The Kier molecular flexibility index (Phi) is 5.26. The van der Waals surface area contributed by atoms with Crippen molar-refractivity contribution in [2.75, 3.05) is 0 Å². The Bertz CT molecular complexity index is 280. The average molecular weight is 276 g/mol. The summed E-state index contributed by atoms with van der Waals surface area (Å²) in [5.41, 5.74) is 4.92. The number of alkyl halides is 3. The van der Waals surface area contributed by atoms with Crippen molar-refractivity contribution in [1.29, 1.82) is 0 Å². The fourth-order valence-corrected chi connectivity index (χ4v) is 1.64. The Hall–Kier alpha value is -0.510. The lowest BCUT2D eigenvalue weighted by atomic mass is 10.1. The van der Waals surface area contributed by atoms with Gasteiger partial charge in [0.2, 0.25) is 0 Å². The molecule has 0 saturated heterocycles. The predicted octanol–water partition coefficient (Wildman–Crippen LogP) is 0.381. The molecule has 5 nitrogen and oxygen atoms in total. The van der Waals surface area contributed by atoms with E-state index in [0.29, 0.717) is 0 Å². The minimum absolute atomic E-state index is 0.957. The van der Waals surface area contributed by atoms with Gasteiger partial charge in [-0.05, 0) is 20.8 Å². The molecule has 4 N–H and O–H groups in total. The molecule has 3 atom stereocenters. The molecular weight excluding hydrogens is 261 g/mol. The minimum Gasteiger partial charge on any atom is -0.598 e. The third-order valence-electron chi connectivity index (χ3n) is 1.79. The van der Waals surface area contributed by atoms with Gasteiger partial charge in [-0.15, -0.1) is 4.72 Å². The van der Waals surface area contributed by atoms with Gasteiger partial charge < -0.3 is 15.4 Å². The molecule has 0 rings (SSSR count). The van der Waals surface area contributed by atoms with Crippen LogP contribution in [-0.4, -0.2) is 38.6 Å². The van der Waals surface area contributed by atoms with Gasteiger partial charge in [-0.3, -0.25) is 4.79 Å². The van der Waals surface area contributed by atoms with E-state index in [1.54, 1.807) is 4.72 Å². The van der Waals surface area contributed by atoms with Crippen LogP contribution in [0.3, 0.4) is 0 Å². The number of carbonyl (C=O) groups is 1. The summed E-state index contributed by atoms with van der Waals surface area (Å²) in [6.45, 7) is 4.36. The monoisotopic (exact) mass is 276 g/mol. The van der Waals surface area contributed by atoms with Crippen LogP contribution in [0.4, 0.5) is 13.2 Å². The first kappa shape index (κ1) is 16.5. The standard InChI is InChI=1S/C8H15F3N2O3S/c1-7(2,3)17(16)13-5(8(9,10)11)4(12)6(14)15/h4-5,13H,12H2,1-3H3,(H,14,15)/t4-,5-,17-/m1/s1. The molecule has 102 valence electrons. The molecule has 0 aromatic carbocycles. The summed E-state index contributed by atoms with van der Waals surface area (Å²) in [7, 11) is 0. The van der Waals surface area contributed by atoms with E-state index >= 15 is 0 Å². The van der Waals surface area contributed by atoms with E-state index in [9.17, 15) is 22.5 Å². The zero-order valence-electron chi connectivity index (χ0n) is 9.54. The van der Waals surface area contributed by atoms with Crippen LogP contribution in [0, 0.1) is 0 Å². The third-order valence-corrected chi connectivity index (χ3v) is 3.37. The SMILES string of the molecule is CC(C)(C)[S@@+]([O-])N[C@H]([C@@H](N)C(=O)O)C(F)(F)F. The number of hydrogen-bond donors (Lipinski definition) is 3. The highest BCUT2D eigenvalue weighted by atomic mass is 32.2. The summed E-state index contributed by atoms with van der Waals surface area (Å²) >= 11 is -2.06. The lowest BCUT2D eigenvalue weighted by Crippen LogP contribution is -2.61. The summed E-state index contributed by atoms with van der Waals surface area (Å²) in [6.07, 6.45) is -4.89. The van der Waals surface area contributed by atoms with Crippen molar-refractivity contribution in [1.82, 2.24) is 4.72 Å². The minimum atomic E-state index is -4.89. The van der Waals surface area contributed by atoms with E-state index in [0.717, 1.165) is 0 Å². The molecule has 0 aliphatic carbocycles. The Labute approximate surface area is 99.9 Å². The van der Waals surface area contributed by atoms with Crippen molar-refractivity contribution in [2.45, 2.75) is 43.8 Å². The molecule has 0 aromatic rings. The van der Waals surface area contributed by atoms with Crippen molar-refractivity contribution < 1.29 is 27.6 Å². The highest BCUT2D eigenvalue weighted by molar-refractivity contribution is 7.90. The molecule has 17 heavy (non-hydrogen) atoms. The Morgan fingerprint density at radius 3 is 2.06 bits per heavy atom. The molecule has 0 saturated carbocycles. The number of halogens is 3. The number of hydrogen-bond acceptors (Lipinski definition) is 4. The van der Waals surface area contributed by atoms with Crippen molar-refractivity contribution in [3.8, 4) is 0 Å². The van der Waals surface area contributed by atoms with Crippen LogP contribution in [0.15, 0.2) is 0 Å². The largest absolute Gasteiger partial charge is 0.598 e. The van der Waals surface area contributed by atoms with Gasteiger partial charge >= 0.3 is 12.1 Å². The Balaban J connectivity index is 4.92. The number of aliphatic carboxylic acids is 1. The normalized spacial score (nSPS) is 18.6. The number of nitrogens with one attached hydrogen (secondary N) is 1. The van der Waals surface area contributed by atoms with Crippen LogP contribution in [0.25, 0.3) is 0 Å². The van der Waals surface area contributed by atoms with E-state index < -0.39 is 40.3 Å². The van der Waals surface area contributed by atoms with Crippen LogP contribution >= 0.6 is 0 Å². The molecular formula is C8H15F3N2O3S. The molecule has 0 heterocycles. The lowest BCUT2D eigenvalue weighted by Gasteiger charge is -2.30. The van der Waals surface area contributed by atoms with Crippen LogP contribution in [0.2, 0.25) is 0 Å². The molecule has 0 amide bonds. The summed E-state index contributed by atoms with van der Waals surface area (Å²) in [5.74, 6) is -1.81. The topological polar surface area (TPSA) is 98.4 Å². The highest BCUT2D eigenvalue weighted by Gasteiger charge is 2.50. The second-order valence-corrected chi connectivity index (χ2v) is 6.38. The first-order chi connectivity index (χ1) is 7.37. The van der Waals surface area contributed by atoms with Gasteiger partial charge in [0, 0.05) is 11.4 Å². The van der Waals surface area contributed by atoms with Crippen molar-refractivity contribution in [3.63, 3.8) is 0 Å². The molecule has 0 spiro atoms. The molecule has 9 heteroatoms. The molecule has 0 bridgehead atoms. The van der Waals surface area contributed by atoms with Crippen molar-refractivity contribution in [2.24, 2.45) is 5.73 Å². The number of nitrogens with two attached hydrogens (primary N) is 1. The quantitative estimate of drug-likeness (QED) is 0.645. The maximum absolute atomic E-state index is 12.5. The first-order valence-electron chi connectivity index (χ1n) is 4.60. The maximum atomic E-state index is 12.5. The number of carboxylic acid groups (broad SMARTS) is 1. The summed E-state index contributed by atoms with van der Waals surface area (Å²) in [6, 6.07) is -4.76. The average Bonchev–Trinajstić information content (AvgIpc) is 2.08. The lowest BCUT2D eigenvalue weighted by molar-refractivity contribution is -0.167. The van der Waals surface area contributed by atoms with Crippen LogP contribution < -0.4 is 10.5 Å². The van der Waals surface area contributed by atoms with Crippen LogP contribution in [0.1, 0.15) is 20.8 Å². The van der Waals surface area contributed by atoms with Gasteiger partial charge in [0.05, 0.1) is 0 Å². The molecule has 0 unspecified atom stereocenters. The Morgan fingerprint density at radius 1 is 1.41 bits per heavy atom. The summed E-state index contributed by atoms with van der Waals surface area (Å²) in [5, 5.41) is 8.47. The maximum Gasteiger partial charge on any atom is 0.410 e. The third kappa shape index (κ3) is 5.11. The zero-order valence-corrected chi connectivity index (χ0v) is 10.4. The van der Waals surface area contributed by atoms with Gasteiger partial charge in [0.1, 0.15) is 10.8 Å². The van der Waals surface area contributed by atoms with E-state index in [4.69, 9.17) is 10.8 Å². The zero-order chi connectivity index (χ0) is 14.0. The van der Waals surface area contributed by atoms with Gasteiger partial charge in [-0.25, -0.2) is 0 Å². The smallest absolute Gasteiger partial charge is 0.410 e. The molecule has 0 aromatic heterocycles. The molecule has 0 aliphatic heterocycles. The predicted molar refractivity (Wildman–Crippen MR) is 56.5 cm³/mol. The van der Waals surface area contributed by atoms with E-state index in [2.05, 4.69) is 0 Å². The van der Waals surface area contributed by atoms with Crippen LogP contribution in [0.5, 0.6) is 0 Å². The first-order valence-corrected chi connectivity index (χ1v) is 5.75. The van der Waals surface area contributed by atoms with E-state index in [-0.39, 0.29) is 0 Å². The van der Waals surface area contributed by atoms with Gasteiger partial charge in [0.15, 0.2) is 6.04 Å². The fraction of sp³-hybridized carbons (Fsp3) is 0.875. The van der Waals surface area contributed by atoms with Gasteiger partial charge in [-0.2, -0.15) is 13.2 Å². The molecule has 0 radical (unpaired) electrons. The Morgan fingerprint density at radius 2 is 1.82 bits per heavy atom. The summed E-state index contributed by atoms with van der Waals surface area (Å²) in [4.78, 5) is 10.5. The van der Waals surface area contributed by atoms with E-state index in [1.807, 2.05) is 0 Å². The van der Waals surface area contributed by atoms with Gasteiger partial charge in [0.25, 0.3) is 0 Å². The second-order valence-electron chi connectivity index (χ2n) is 4.38. The van der Waals surface area contributed by atoms with Gasteiger partial charge in [-0.1, -0.05) is 0 Å². The number of carboxylic acids is 1. The van der Waals surface area contributed by atoms with E-state index in [1.165, 1.54) is 20.8 Å². The fourth-order valence-electron chi connectivity index (χ4n) is 0.778. The van der Waals surface area contributed by atoms with Crippen molar-refractivity contribution >= 4 is 17.3 Å². The second kappa shape index (κ2) is 5.42. The van der Waals surface area contributed by atoms with Crippen molar-refractivity contribution in [3.05, 3.63) is 0 Å². The number of rotatable bonds is 4. The van der Waals surface area contributed by atoms with Crippen LogP contribution in [-0.2, 0) is 16.2 Å². The summed E-state index contributed by atoms with van der Waals surface area (Å²) < 4.78 is 49.9.